The lowest BCUT2D eigenvalue weighted by Crippen LogP contribution is -2.32. The molecular weight excluding hydrogens is 284 g/mol. The Morgan fingerprint density at radius 3 is 2.95 bits per heavy atom. The lowest BCUT2D eigenvalue weighted by Gasteiger charge is -2.06. The molecule has 0 saturated carbocycles. The van der Waals surface area contributed by atoms with Crippen molar-refractivity contribution in [1.29, 1.82) is 0 Å². The molecule has 0 unspecified atom stereocenters. The zero-order valence-electron chi connectivity index (χ0n) is 10.7. The fourth-order valence-electron chi connectivity index (χ4n) is 1.44. The van der Waals surface area contributed by atoms with Gasteiger partial charge in [0.15, 0.2) is 0 Å². The van der Waals surface area contributed by atoms with Crippen LogP contribution >= 0.6 is 22.9 Å². The summed E-state index contributed by atoms with van der Waals surface area (Å²) in [6, 6.07) is 4.01. The van der Waals surface area contributed by atoms with Gasteiger partial charge in [0.2, 0.25) is 11.9 Å². The number of aromatic nitrogens is 2. The van der Waals surface area contributed by atoms with Crippen LogP contribution in [0.5, 0.6) is 0 Å². The van der Waals surface area contributed by atoms with Gasteiger partial charge >= 0.3 is 0 Å². The van der Waals surface area contributed by atoms with Crippen molar-refractivity contribution < 1.29 is 4.79 Å². The first kappa shape index (κ1) is 14.0. The van der Waals surface area contributed by atoms with Crippen molar-refractivity contribution in [3.63, 3.8) is 0 Å². The van der Waals surface area contributed by atoms with Crippen LogP contribution in [0.15, 0.2) is 18.3 Å². The van der Waals surface area contributed by atoms with E-state index in [0.717, 1.165) is 14.9 Å². The van der Waals surface area contributed by atoms with Gasteiger partial charge in [-0.3, -0.25) is 10.1 Å². The zero-order chi connectivity index (χ0) is 13.8. The maximum absolute atomic E-state index is 11.6. The van der Waals surface area contributed by atoms with Gasteiger partial charge in [-0.2, -0.15) is 0 Å². The predicted octanol–water partition coefficient (Wildman–Crippen LogP) is 2.73. The number of aromatic amines is 1. The third-order valence-electron chi connectivity index (χ3n) is 2.34. The number of carbonyl (C=O) groups is 1. The van der Waals surface area contributed by atoms with Gasteiger partial charge in [-0.05, 0) is 12.1 Å². The summed E-state index contributed by atoms with van der Waals surface area (Å²) < 4.78 is 0.719. The summed E-state index contributed by atoms with van der Waals surface area (Å²) in [4.78, 5) is 19.8. The van der Waals surface area contributed by atoms with Crippen LogP contribution in [-0.2, 0) is 4.79 Å². The number of amides is 1. The molecule has 0 fully saturated rings. The summed E-state index contributed by atoms with van der Waals surface area (Å²) in [5.41, 5.74) is 0.837. The molecule has 0 aliphatic rings. The van der Waals surface area contributed by atoms with Crippen LogP contribution in [-0.4, -0.2) is 28.5 Å². The van der Waals surface area contributed by atoms with E-state index >= 15 is 0 Å². The van der Waals surface area contributed by atoms with Crippen LogP contribution in [0.3, 0.4) is 0 Å². The van der Waals surface area contributed by atoms with Gasteiger partial charge in [0.1, 0.15) is 0 Å². The Morgan fingerprint density at radius 2 is 2.32 bits per heavy atom. The number of halogens is 1. The molecule has 19 heavy (non-hydrogen) atoms. The lowest BCUT2D eigenvalue weighted by atomic mass is 10.4. The van der Waals surface area contributed by atoms with Crippen molar-refractivity contribution in [2.45, 2.75) is 19.9 Å². The summed E-state index contributed by atoms with van der Waals surface area (Å²) >= 11 is 7.33. The fraction of sp³-hybridized carbons (Fsp3) is 0.333. The van der Waals surface area contributed by atoms with E-state index in [0.29, 0.717) is 5.95 Å². The Morgan fingerprint density at radius 1 is 1.53 bits per heavy atom. The molecule has 102 valence electrons. The Labute approximate surface area is 120 Å². The number of rotatable bonds is 5. The number of H-pyrrole nitrogens is 1. The molecule has 0 atom stereocenters. The van der Waals surface area contributed by atoms with Crippen molar-refractivity contribution in [1.82, 2.24) is 15.3 Å². The number of carbonyl (C=O) groups excluding carboxylic acids is 1. The molecule has 5 nitrogen and oxygen atoms in total. The van der Waals surface area contributed by atoms with Crippen molar-refractivity contribution in [3.05, 3.63) is 22.7 Å². The Kier molecular flexibility index (Phi) is 4.57. The average Bonchev–Trinajstić information content (AvgIpc) is 2.95. The quantitative estimate of drug-likeness (QED) is 0.795. The van der Waals surface area contributed by atoms with Crippen molar-refractivity contribution >= 4 is 34.8 Å². The van der Waals surface area contributed by atoms with Crippen LogP contribution in [0.2, 0.25) is 4.34 Å². The molecule has 0 radical (unpaired) electrons. The highest BCUT2D eigenvalue weighted by molar-refractivity contribution is 7.19. The number of thiophene rings is 1. The zero-order valence-corrected chi connectivity index (χ0v) is 12.2. The first-order chi connectivity index (χ1) is 9.04. The van der Waals surface area contributed by atoms with Gasteiger partial charge in [-0.25, -0.2) is 4.98 Å². The van der Waals surface area contributed by atoms with E-state index in [1.165, 1.54) is 11.3 Å². The monoisotopic (exact) mass is 298 g/mol. The van der Waals surface area contributed by atoms with Crippen LogP contribution in [0.4, 0.5) is 5.95 Å². The summed E-state index contributed by atoms with van der Waals surface area (Å²) in [6.45, 7) is 4.23. The summed E-state index contributed by atoms with van der Waals surface area (Å²) in [5.74, 6) is 0.314. The summed E-state index contributed by atoms with van der Waals surface area (Å²) in [5, 5.41) is 5.74. The minimum absolute atomic E-state index is 0.126. The SMILES string of the molecule is CC(C)NCC(=O)Nc1ncc(-c2ccc(Cl)s2)[nH]1. The van der Waals surface area contributed by atoms with Crippen LogP contribution in [0, 0.1) is 0 Å². The average molecular weight is 299 g/mol. The number of nitrogens with one attached hydrogen (secondary N) is 3. The molecule has 0 spiro atoms. The van der Waals surface area contributed by atoms with Crippen LogP contribution in [0.25, 0.3) is 10.6 Å². The smallest absolute Gasteiger partial charge is 0.240 e. The van der Waals surface area contributed by atoms with Crippen molar-refractivity contribution in [2.24, 2.45) is 0 Å². The standard InChI is InChI=1S/C12H15ClN4OS/c1-7(2)14-6-11(18)17-12-15-5-8(16-12)9-3-4-10(13)19-9/h3-5,7,14H,6H2,1-2H3,(H2,15,16,17,18). The Balaban J connectivity index is 1.96. The minimum Gasteiger partial charge on any atom is -0.323 e. The largest absolute Gasteiger partial charge is 0.323 e. The van der Waals surface area contributed by atoms with E-state index in [-0.39, 0.29) is 18.5 Å². The van der Waals surface area contributed by atoms with E-state index in [4.69, 9.17) is 11.6 Å². The van der Waals surface area contributed by atoms with E-state index in [2.05, 4.69) is 20.6 Å². The van der Waals surface area contributed by atoms with Gasteiger partial charge in [0.05, 0.1) is 27.6 Å². The summed E-state index contributed by atoms with van der Waals surface area (Å²) in [7, 11) is 0. The highest BCUT2D eigenvalue weighted by Gasteiger charge is 2.08. The highest BCUT2D eigenvalue weighted by atomic mass is 35.5. The molecule has 0 aliphatic carbocycles. The topological polar surface area (TPSA) is 69.8 Å². The van der Waals surface area contributed by atoms with Gasteiger partial charge < -0.3 is 10.3 Å². The van der Waals surface area contributed by atoms with Gasteiger partial charge in [-0.15, -0.1) is 11.3 Å². The Hall–Kier alpha value is -1.37. The molecule has 0 saturated heterocycles. The number of hydrogen-bond acceptors (Lipinski definition) is 4. The van der Waals surface area contributed by atoms with E-state index in [1.807, 2.05) is 26.0 Å². The molecule has 1 amide bonds. The van der Waals surface area contributed by atoms with Crippen LogP contribution in [0.1, 0.15) is 13.8 Å². The number of nitrogens with zero attached hydrogens (tertiary/aromatic N) is 1. The molecule has 2 aromatic rings. The molecule has 2 aromatic heterocycles. The second kappa shape index (κ2) is 6.18. The second-order valence-electron chi connectivity index (χ2n) is 4.33. The van der Waals surface area contributed by atoms with Crippen molar-refractivity contribution in [2.75, 3.05) is 11.9 Å². The van der Waals surface area contributed by atoms with E-state index in [9.17, 15) is 4.79 Å². The van der Waals surface area contributed by atoms with Gasteiger partial charge in [0.25, 0.3) is 0 Å². The molecule has 3 N–H and O–H groups in total. The number of hydrogen-bond donors (Lipinski definition) is 3. The molecule has 2 heterocycles. The normalized spacial score (nSPS) is 10.9. The minimum atomic E-state index is -0.126. The maximum Gasteiger partial charge on any atom is 0.240 e. The van der Waals surface area contributed by atoms with E-state index in [1.54, 1.807) is 6.20 Å². The van der Waals surface area contributed by atoms with Crippen molar-refractivity contribution in [3.8, 4) is 10.6 Å². The lowest BCUT2D eigenvalue weighted by molar-refractivity contribution is -0.115. The first-order valence-electron chi connectivity index (χ1n) is 5.88. The van der Waals surface area contributed by atoms with Gasteiger partial charge in [0, 0.05) is 6.04 Å². The molecular formula is C12H15ClN4OS. The highest BCUT2D eigenvalue weighted by Crippen LogP contribution is 2.30. The van der Waals surface area contributed by atoms with Gasteiger partial charge in [-0.1, -0.05) is 25.4 Å². The molecule has 2 rings (SSSR count). The third-order valence-corrected chi connectivity index (χ3v) is 3.61. The third kappa shape index (κ3) is 4.05. The summed E-state index contributed by atoms with van der Waals surface area (Å²) in [6.07, 6.45) is 1.67. The molecule has 0 aromatic carbocycles. The number of imidazole rings is 1. The predicted molar refractivity (Wildman–Crippen MR) is 78.7 cm³/mol. The van der Waals surface area contributed by atoms with Crippen LogP contribution < -0.4 is 10.6 Å². The molecule has 7 heteroatoms. The first-order valence-corrected chi connectivity index (χ1v) is 7.08. The Bertz CT molecular complexity index is 564. The van der Waals surface area contributed by atoms with E-state index < -0.39 is 0 Å². The number of anilines is 1. The molecule has 0 aliphatic heterocycles. The molecule has 0 bridgehead atoms. The fourth-order valence-corrected chi connectivity index (χ4v) is 2.45. The second-order valence-corrected chi connectivity index (χ2v) is 6.05. The maximum atomic E-state index is 11.6.